The van der Waals surface area contributed by atoms with Crippen LogP contribution < -0.4 is 16.0 Å². The first-order valence-corrected chi connectivity index (χ1v) is 6.94. The van der Waals surface area contributed by atoms with Gasteiger partial charge in [-0.1, -0.05) is 12.1 Å². The van der Waals surface area contributed by atoms with Crippen molar-refractivity contribution in [3.63, 3.8) is 0 Å². The standard InChI is InChI=1S/C15H23N3O3.ClH/c1-11(2)17-15(20)12-6-4-5-7-13(12)18-14(19)10-16-8-9-21-3;/h4-7,11,16H,8-10H2,1-3H3,(H,17,20)(H,18,19);1H. The van der Waals surface area contributed by atoms with Crippen molar-refractivity contribution in [3.05, 3.63) is 29.8 Å². The summed E-state index contributed by atoms with van der Waals surface area (Å²) in [6.07, 6.45) is 0. The number of para-hydroxylation sites is 1. The Bertz CT molecular complexity index is 481. The number of benzene rings is 1. The molecule has 0 spiro atoms. The summed E-state index contributed by atoms with van der Waals surface area (Å²) in [6, 6.07) is 6.98. The van der Waals surface area contributed by atoms with Crippen LogP contribution in [0.15, 0.2) is 24.3 Å². The minimum Gasteiger partial charge on any atom is -0.383 e. The number of carbonyl (C=O) groups is 2. The summed E-state index contributed by atoms with van der Waals surface area (Å²) in [5.74, 6) is -0.399. The SMILES string of the molecule is COCCNCC(=O)Nc1ccccc1C(=O)NC(C)C.Cl. The predicted molar refractivity (Wildman–Crippen MR) is 89.7 cm³/mol. The van der Waals surface area contributed by atoms with E-state index in [2.05, 4.69) is 16.0 Å². The van der Waals surface area contributed by atoms with E-state index in [1.165, 1.54) is 0 Å². The highest BCUT2D eigenvalue weighted by molar-refractivity contribution is 6.04. The zero-order chi connectivity index (χ0) is 15.7. The normalized spacial score (nSPS) is 10.0. The van der Waals surface area contributed by atoms with E-state index in [0.29, 0.717) is 24.4 Å². The lowest BCUT2D eigenvalue weighted by Gasteiger charge is -2.13. The van der Waals surface area contributed by atoms with E-state index < -0.39 is 0 Å². The van der Waals surface area contributed by atoms with Crippen molar-refractivity contribution in [1.29, 1.82) is 0 Å². The number of amides is 2. The second kappa shape index (κ2) is 11.0. The topological polar surface area (TPSA) is 79.5 Å². The third kappa shape index (κ3) is 7.40. The zero-order valence-electron chi connectivity index (χ0n) is 13.1. The van der Waals surface area contributed by atoms with Crippen molar-refractivity contribution in [2.45, 2.75) is 19.9 Å². The van der Waals surface area contributed by atoms with Crippen LogP contribution in [0, 0.1) is 0 Å². The highest BCUT2D eigenvalue weighted by Gasteiger charge is 2.13. The molecule has 0 fully saturated rings. The molecule has 7 heteroatoms. The monoisotopic (exact) mass is 329 g/mol. The molecule has 1 rings (SSSR count). The number of ether oxygens (including phenoxy) is 1. The van der Waals surface area contributed by atoms with Crippen LogP contribution in [0.1, 0.15) is 24.2 Å². The van der Waals surface area contributed by atoms with Gasteiger partial charge in [-0.25, -0.2) is 0 Å². The number of hydrogen-bond donors (Lipinski definition) is 3. The van der Waals surface area contributed by atoms with Gasteiger partial charge in [-0.3, -0.25) is 9.59 Å². The average Bonchev–Trinajstić information content (AvgIpc) is 2.43. The smallest absolute Gasteiger partial charge is 0.253 e. The number of carbonyl (C=O) groups excluding carboxylic acids is 2. The average molecular weight is 330 g/mol. The number of nitrogens with one attached hydrogen (secondary N) is 3. The Balaban J connectivity index is 0.00000441. The fourth-order valence-electron chi connectivity index (χ4n) is 1.70. The molecule has 2 amide bonds. The van der Waals surface area contributed by atoms with Crippen molar-refractivity contribution >= 4 is 29.9 Å². The first-order valence-electron chi connectivity index (χ1n) is 6.94. The van der Waals surface area contributed by atoms with Gasteiger partial charge < -0.3 is 20.7 Å². The molecule has 0 aromatic heterocycles. The number of hydrogen-bond acceptors (Lipinski definition) is 4. The molecule has 0 aliphatic heterocycles. The van der Waals surface area contributed by atoms with E-state index in [9.17, 15) is 9.59 Å². The molecule has 0 radical (unpaired) electrons. The molecule has 0 bridgehead atoms. The first-order chi connectivity index (χ1) is 10.0. The summed E-state index contributed by atoms with van der Waals surface area (Å²) >= 11 is 0. The van der Waals surface area contributed by atoms with Crippen molar-refractivity contribution in [1.82, 2.24) is 10.6 Å². The van der Waals surface area contributed by atoms with Crippen LogP contribution in [-0.2, 0) is 9.53 Å². The van der Waals surface area contributed by atoms with Crippen molar-refractivity contribution in [2.75, 3.05) is 32.1 Å². The molecule has 1 aromatic rings. The van der Waals surface area contributed by atoms with Gasteiger partial charge >= 0.3 is 0 Å². The molecule has 0 atom stereocenters. The van der Waals surface area contributed by atoms with Gasteiger partial charge in [0.25, 0.3) is 5.91 Å². The number of anilines is 1. The maximum Gasteiger partial charge on any atom is 0.253 e. The summed E-state index contributed by atoms with van der Waals surface area (Å²) in [5.41, 5.74) is 0.964. The van der Waals surface area contributed by atoms with Gasteiger partial charge in [-0.15, -0.1) is 12.4 Å². The predicted octanol–water partition coefficient (Wildman–Crippen LogP) is 1.42. The Morgan fingerprint density at radius 3 is 2.55 bits per heavy atom. The van der Waals surface area contributed by atoms with Crippen LogP contribution >= 0.6 is 12.4 Å². The lowest BCUT2D eigenvalue weighted by atomic mass is 10.1. The van der Waals surface area contributed by atoms with E-state index in [1.54, 1.807) is 31.4 Å². The first kappa shape index (κ1) is 20.4. The van der Waals surface area contributed by atoms with Crippen LogP contribution in [-0.4, -0.2) is 44.7 Å². The second-order valence-corrected chi connectivity index (χ2v) is 4.89. The molecule has 22 heavy (non-hydrogen) atoms. The van der Waals surface area contributed by atoms with Gasteiger partial charge in [0, 0.05) is 19.7 Å². The van der Waals surface area contributed by atoms with Gasteiger partial charge in [0.15, 0.2) is 0 Å². The highest BCUT2D eigenvalue weighted by Crippen LogP contribution is 2.14. The fraction of sp³-hybridized carbons (Fsp3) is 0.467. The molecule has 0 aliphatic carbocycles. The van der Waals surface area contributed by atoms with Crippen LogP contribution in [0.4, 0.5) is 5.69 Å². The lowest BCUT2D eigenvalue weighted by molar-refractivity contribution is -0.115. The van der Waals surface area contributed by atoms with E-state index in [4.69, 9.17) is 4.74 Å². The van der Waals surface area contributed by atoms with E-state index in [0.717, 1.165) is 0 Å². The van der Waals surface area contributed by atoms with Gasteiger partial charge in [-0.2, -0.15) is 0 Å². The third-order valence-electron chi connectivity index (χ3n) is 2.63. The van der Waals surface area contributed by atoms with Crippen LogP contribution in [0.2, 0.25) is 0 Å². The highest BCUT2D eigenvalue weighted by atomic mass is 35.5. The van der Waals surface area contributed by atoms with Crippen LogP contribution in [0.25, 0.3) is 0 Å². The molecule has 0 aliphatic rings. The van der Waals surface area contributed by atoms with Gasteiger partial charge in [0.1, 0.15) is 0 Å². The number of rotatable bonds is 8. The quantitative estimate of drug-likeness (QED) is 0.630. The van der Waals surface area contributed by atoms with Gasteiger partial charge in [-0.05, 0) is 26.0 Å². The molecule has 124 valence electrons. The molecule has 0 saturated heterocycles. The molecule has 0 heterocycles. The summed E-state index contributed by atoms with van der Waals surface area (Å²) in [4.78, 5) is 23.9. The molecular weight excluding hydrogens is 306 g/mol. The minimum atomic E-state index is -0.201. The fourth-order valence-corrected chi connectivity index (χ4v) is 1.70. The number of methoxy groups -OCH3 is 1. The molecule has 1 aromatic carbocycles. The zero-order valence-corrected chi connectivity index (χ0v) is 14.0. The largest absolute Gasteiger partial charge is 0.383 e. The molecule has 0 saturated carbocycles. The molecule has 0 unspecified atom stereocenters. The molecular formula is C15H24ClN3O3. The van der Waals surface area contributed by atoms with E-state index >= 15 is 0 Å². The molecule has 6 nitrogen and oxygen atoms in total. The maximum atomic E-state index is 12.1. The Hall–Kier alpha value is -1.63. The summed E-state index contributed by atoms with van der Waals surface area (Å²) in [7, 11) is 1.60. The van der Waals surface area contributed by atoms with Gasteiger partial charge in [0.05, 0.1) is 24.4 Å². The Morgan fingerprint density at radius 2 is 1.91 bits per heavy atom. The van der Waals surface area contributed by atoms with Crippen LogP contribution in [0.5, 0.6) is 0 Å². The van der Waals surface area contributed by atoms with E-state index in [-0.39, 0.29) is 36.8 Å². The summed E-state index contributed by atoms with van der Waals surface area (Å²) < 4.78 is 4.88. The third-order valence-corrected chi connectivity index (χ3v) is 2.63. The van der Waals surface area contributed by atoms with Crippen molar-refractivity contribution in [2.24, 2.45) is 0 Å². The minimum absolute atomic E-state index is 0. The van der Waals surface area contributed by atoms with Gasteiger partial charge in [0.2, 0.25) is 5.91 Å². The lowest BCUT2D eigenvalue weighted by Crippen LogP contribution is -2.33. The maximum absolute atomic E-state index is 12.1. The summed E-state index contributed by atoms with van der Waals surface area (Å²) in [6.45, 7) is 5.08. The Morgan fingerprint density at radius 1 is 1.23 bits per heavy atom. The Kier molecular flexibility index (Phi) is 10.2. The summed E-state index contributed by atoms with van der Waals surface area (Å²) in [5, 5.41) is 8.50. The Labute approximate surface area is 137 Å². The van der Waals surface area contributed by atoms with Crippen LogP contribution in [0.3, 0.4) is 0 Å². The van der Waals surface area contributed by atoms with Crippen molar-refractivity contribution in [3.8, 4) is 0 Å². The van der Waals surface area contributed by atoms with Crippen molar-refractivity contribution < 1.29 is 14.3 Å². The molecule has 3 N–H and O–H groups in total. The van der Waals surface area contributed by atoms with E-state index in [1.807, 2.05) is 13.8 Å². The second-order valence-electron chi connectivity index (χ2n) is 4.89. The number of halogens is 1.